The lowest BCUT2D eigenvalue weighted by Gasteiger charge is -2.24. The van der Waals surface area contributed by atoms with E-state index in [-0.39, 0.29) is 22.6 Å². The fourth-order valence-electron chi connectivity index (χ4n) is 3.91. The van der Waals surface area contributed by atoms with Gasteiger partial charge in [0.2, 0.25) is 0 Å². The van der Waals surface area contributed by atoms with E-state index >= 15 is 0 Å². The first kappa shape index (κ1) is 25.1. The first-order valence-electron chi connectivity index (χ1n) is 10.6. The van der Waals surface area contributed by atoms with Crippen molar-refractivity contribution in [3.63, 3.8) is 0 Å². The van der Waals surface area contributed by atoms with Gasteiger partial charge in [-0.05, 0) is 48.4 Å². The van der Waals surface area contributed by atoms with Crippen LogP contribution in [0.3, 0.4) is 0 Å². The molecule has 0 radical (unpaired) electrons. The molecule has 0 bridgehead atoms. The minimum atomic E-state index is -3.00. The van der Waals surface area contributed by atoms with Crippen LogP contribution in [0.15, 0.2) is 63.5 Å². The number of thiazole rings is 1. The van der Waals surface area contributed by atoms with Crippen molar-refractivity contribution < 1.29 is 32.5 Å². The van der Waals surface area contributed by atoms with E-state index in [0.717, 1.165) is 11.3 Å². The van der Waals surface area contributed by atoms with E-state index in [4.69, 9.17) is 14.2 Å². The molecule has 8 nitrogen and oxygen atoms in total. The van der Waals surface area contributed by atoms with Crippen molar-refractivity contribution in [2.24, 2.45) is 4.99 Å². The SMILES string of the molecule is COC(=O)C1=C(C)N=c2s/c(=C\c3ccc(OC(F)F)c(OC)c3)c(=O)n2C1c1ccc(OC)cc1. The molecule has 0 saturated heterocycles. The summed E-state index contributed by atoms with van der Waals surface area (Å²) in [6, 6.07) is 10.6. The summed E-state index contributed by atoms with van der Waals surface area (Å²) in [6.07, 6.45) is 1.60. The third-order valence-corrected chi connectivity index (χ3v) is 6.54. The maximum absolute atomic E-state index is 13.6. The summed E-state index contributed by atoms with van der Waals surface area (Å²) in [5, 5.41) is 0. The van der Waals surface area contributed by atoms with Crippen molar-refractivity contribution in [3.05, 3.63) is 84.5 Å². The van der Waals surface area contributed by atoms with Gasteiger partial charge in [-0.1, -0.05) is 29.5 Å². The second-order valence-corrected chi connectivity index (χ2v) is 8.64. The van der Waals surface area contributed by atoms with Crippen molar-refractivity contribution in [2.45, 2.75) is 19.6 Å². The van der Waals surface area contributed by atoms with Gasteiger partial charge in [0, 0.05) is 0 Å². The van der Waals surface area contributed by atoms with Gasteiger partial charge >= 0.3 is 12.6 Å². The molecule has 1 atom stereocenters. The number of aromatic nitrogens is 1. The monoisotopic (exact) mass is 516 g/mol. The Morgan fingerprint density at radius 1 is 1.08 bits per heavy atom. The summed E-state index contributed by atoms with van der Waals surface area (Å²) in [7, 11) is 4.15. The number of alkyl halides is 2. The van der Waals surface area contributed by atoms with Crippen LogP contribution in [0, 0.1) is 0 Å². The summed E-state index contributed by atoms with van der Waals surface area (Å²) < 4.78 is 46.9. The second-order valence-electron chi connectivity index (χ2n) is 7.64. The van der Waals surface area contributed by atoms with Gasteiger partial charge in [0.15, 0.2) is 16.3 Å². The highest BCUT2D eigenvalue weighted by molar-refractivity contribution is 7.07. The first-order valence-corrected chi connectivity index (χ1v) is 11.5. The number of benzene rings is 2. The van der Waals surface area contributed by atoms with Crippen LogP contribution in [0.2, 0.25) is 0 Å². The van der Waals surface area contributed by atoms with E-state index in [0.29, 0.717) is 31.9 Å². The number of hydrogen-bond donors (Lipinski definition) is 0. The Bertz CT molecular complexity index is 1510. The number of carbonyl (C=O) groups excluding carboxylic acids is 1. The van der Waals surface area contributed by atoms with Gasteiger partial charge in [0.1, 0.15) is 5.75 Å². The molecule has 0 N–H and O–H groups in total. The highest BCUT2D eigenvalue weighted by atomic mass is 32.1. The minimum absolute atomic E-state index is 0.0942. The summed E-state index contributed by atoms with van der Waals surface area (Å²) in [4.78, 5) is 31.2. The first-order chi connectivity index (χ1) is 17.3. The predicted molar refractivity (Wildman–Crippen MR) is 128 cm³/mol. The molecule has 1 unspecified atom stereocenters. The van der Waals surface area contributed by atoms with Gasteiger partial charge in [-0.3, -0.25) is 9.36 Å². The highest BCUT2D eigenvalue weighted by Crippen LogP contribution is 2.32. The molecular weight excluding hydrogens is 494 g/mol. The average Bonchev–Trinajstić information content (AvgIpc) is 3.17. The summed E-state index contributed by atoms with van der Waals surface area (Å²) in [6.45, 7) is -1.31. The number of nitrogens with zero attached hydrogens (tertiary/aromatic N) is 2. The summed E-state index contributed by atoms with van der Waals surface area (Å²) in [5.74, 6) is 0.00566. The van der Waals surface area contributed by atoms with Gasteiger partial charge in [-0.15, -0.1) is 0 Å². The Morgan fingerprint density at radius 3 is 2.42 bits per heavy atom. The van der Waals surface area contributed by atoms with Gasteiger partial charge in [-0.2, -0.15) is 8.78 Å². The Labute approximate surface area is 208 Å². The molecular formula is C25H22F2N2O6S. The van der Waals surface area contributed by atoms with Crippen molar-refractivity contribution in [1.29, 1.82) is 0 Å². The number of ether oxygens (including phenoxy) is 4. The lowest BCUT2D eigenvalue weighted by molar-refractivity contribution is -0.136. The quantitative estimate of drug-likeness (QED) is 0.449. The van der Waals surface area contributed by atoms with E-state index in [2.05, 4.69) is 9.73 Å². The van der Waals surface area contributed by atoms with Crippen LogP contribution >= 0.6 is 11.3 Å². The minimum Gasteiger partial charge on any atom is -0.497 e. The van der Waals surface area contributed by atoms with Crippen LogP contribution in [0.5, 0.6) is 17.2 Å². The van der Waals surface area contributed by atoms with Crippen molar-refractivity contribution in [1.82, 2.24) is 4.57 Å². The number of methoxy groups -OCH3 is 3. The Morgan fingerprint density at radius 2 is 1.81 bits per heavy atom. The molecule has 1 aliphatic heterocycles. The number of rotatable bonds is 7. The van der Waals surface area contributed by atoms with Crippen molar-refractivity contribution >= 4 is 23.4 Å². The zero-order valence-electron chi connectivity index (χ0n) is 19.8. The number of hydrogen-bond acceptors (Lipinski definition) is 8. The smallest absolute Gasteiger partial charge is 0.387 e. The van der Waals surface area contributed by atoms with E-state index in [1.54, 1.807) is 44.4 Å². The zero-order chi connectivity index (χ0) is 26.0. The third kappa shape index (κ3) is 4.74. The molecule has 1 aromatic heterocycles. The van der Waals surface area contributed by atoms with E-state index < -0.39 is 18.6 Å². The molecule has 0 fully saturated rings. The van der Waals surface area contributed by atoms with Crippen LogP contribution in [0.25, 0.3) is 6.08 Å². The Hall–Kier alpha value is -3.99. The Balaban J connectivity index is 1.88. The third-order valence-electron chi connectivity index (χ3n) is 5.56. The molecule has 0 aliphatic carbocycles. The van der Waals surface area contributed by atoms with Crippen LogP contribution in [-0.4, -0.2) is 38.5 Å². The molecule has 2 aromatic carbocycles. The molecule has 11 heteroatoms. The summed E-state index contributed by atoms with van der Waals surface area (Å²) >= 11 is 1.14. The highest BCUT2D eigenvalue weighted by Gasteiger charge is 2.33. The van der Waals surface area contributed by atoms with Crippen LogP contribution in [-0.2, 0) is 9.53 Å². The second kappa shape index (κ2) is 10.3. The number of esters is 1. The molecule has 0 saturated carbocycles. The maximum Gasteiger partial charge on any atom is 0.387 e. The van der Waals surface area contributed by atoms with Crippen LogP contribution in [0.4, 0.5) is 8.78 Å². The van der Waals surface area contributed by atoms with Crippen LogP contribution < -0.4 is 29.1 Å². The van der Waals surface area contributed by atoms with Gasteiger partial charge in [0.05, 0.1) is 43.2 Å². The van der Waals surface area contributed by atoms with E-state index in [9.17, 15) is 18.4 Å². The standard InChI is InChI=1S/C25H22F2N2O6S/c1-13-20(23(31)34-4)21(15-6-8-16(32-2)9-7-15)29-22(30)19(36-25(29)28-13)12-14-5-10-17(35-24(26)27)18(11-14)33-3/h5-12,21,24H,1-4H3/b19-12-. The van der Waals surface area contributed by atoms with E-state index in [1.807, 2.05) is 0 Å². The molecule has 0 amide bonds. The van der Waals surface area contributed by atoms with Crippen LogP contribution in [0.1, 0.15) is 24.1 Å². The molecule has 36 heavy (non-hydrogen) atoms. The molecule has 4 rings (SSSR count). The van der Waals surface area contributed by atoms with Crippen molar-refractivity contribution in [2.75, 3.05) is 21.3 Å². The number of halogens is 2. The molecule has 1 aliphatic rings. The number of carbonyl (C=O) groups is 1. The lowest BCUT2D eigenvalue weighted by atomic mass is 9.96. The number of allylic oxidation sites excluding steroid dienone is 1. The number of fused-ring (bicyclic) bond motifs is 1. The lowest BCUT2D eigenvalue weighted by Crippen LogP contribution is -2.39. The normalized spacial score (nSPS) is 15.4. The maximum atomic E-state index is 13.6. The molecule has 0 spiro atoms. The molecule has 188 valence electrons. The topological polar surface area (TPSA) is 88.4 Å². The fraction of sp³-hybridized carbons (Fsp3) is 0.240. The fourth-order valence-corrected chi connectivity index (χ4v) is 4.96. The predicted octanol–water partition coefficient (Wildman–Crippen LogP) is 3.03. The van der Waals surface area contributed by atoms with Gasteiger partial charge in [0.25, 0.3) is 5.56 Å². The van der Waals surface area contributed by atoms with Crippen molar-refractivity contribution in [3.8, 4) is 17.2 Å². The molecule has 2 heterocycles. The average molecular weight is 517 g/mol. The van der Waals surface area contributed by atoms with Gasteiger partial charge < -0.3 is 18.9 Å². The largest absolute Gasteiger partial charge is 0.497 e. The Kier molecular flexibility index (Phi) is 7.20. The van der Waals surface area contributed by atoms with Gasteiger partial charge in [-0.25, -0.2) is 9.79 Å². The van der Waals surface area contributed by atoms with E-state index in [1.165, 1.54) is 37.0 Å². The zero-order valence-corrected chi connectivity index (χ0v) is 20.6. The summed E-state index contributed by atoms with van der Waals surface area (Å²) in [5.41, 5.74) is 1.51. The molecule has 3 aromatic rings.